The average Bonchev–Trinajstić information content (AvgIpc) is 3.18. The number of rotatable bonds is 3. The third kappa shape index (κ3) is 3.09. The summed E-state index contributed by atoms with van der Waals surface area (Å²) in [4.78, 5) is 15.9. The van der Waals surface area contributed by atoms with Crippen molar-refractivity contribution in [3.8, 4) is 0 Å². The second kappa shape index (κ2) is 7.29. The molecule has 5 fully saturated rings. The van der Waals surface area contributed by atoms with E-state index in [4.69, 9.17) is 9.57 Å². The van der Waals surface area contributed by atoms with Crippen molar-refractivity contribution >= 4 is 0 Å². The molecule has 1 heterocycles. The first-order valence-corrected chi connectivity index (χ1v) is 12.8. The van der Waals surface area contributed by atoms with Crippen molar-refractivity contribution in [3.63, 3.8) is 0 Å². The van der Waals surface area contributed by atoms with Crippen LogP contribution in [0.4, 0.5) is 0 Å². The number of hydrogen-bond donors (Lipinski definition) is 0. The Morgan fingerprint density at radius 3 is 2.28 bits per heavy atom. The predicted octanol–water partition coefficient (Wildman–Crippen LogP) is 5.55. The lowest BCUT2D eigenvalue weighted by Gasteiger charge is -2.62. The molecular formula is C25H41N2O5-. The van der Waals surface area contributed by atoms with Crippen molar-refractivity contribution < 1.29 is 14.7 Å². The second-order valence-electron chi connectivity index (χ2n) is 13.0. The van der Waals surface area contributed by atoms with Crippen LogP contribution in [0.2, 0.25) is 0 Å². The van der Waals surface area contributed by atoms with E-state index in [-0.39, 0.29) is 22.9 Å². The fourth-order valence-corrected chi connectivity index (χ4v) is 9.60. The molecule has 9 atom stereocenters. The van der Waals surface area contributed by atoms with Crippen LogP contribution in [0, 0.1) is 55.7 Å². The Labute approximate surface area is 192 Å². The quantitative estimate of drug-likeness (QED) is 0.415. The molecule has 1 aliphatic heterocycles. The molecule has 182 valence electrons. The van der Waals surface area contributed by atoms with Crippen molar-refractivity contribution in [2.75, 3.05) is 6.61 Å². The van der Waals surface area contributed by atoms with Crippen LogP contribution in [0.1, 0.15) is 92.4 Å². The fraction of sp³-hybridized carbons (Fsp3) is 1.00. The van der Waals surface area contributed by atoms with Crippen LogP contribution in [-0.4, -0.2) is 34.1 Å². The van der Waals surface area contributed by atoms with Crippen LogP contribution >= 0.6 is 0 Å². The highest BCUT2D eigenvalue weighted by molar-refractivity contribution is 5.13. The zero-order chi connectivity index (χ0) is 23.1. The van der Waals surface area contributed by atoms with Gasteiger partial charge in [-0.05, 0) is 113 Å². The molecule has 5 aliphatic rings. The third-order valence-electron chi connectivity index (χ3n) is 11.2. The molecule has 0 aromatic heterocycles. The molecule has 5 rings (SSSR count). The summed E-state index contributed by atoms with van der Waals surface area (Å²) < 4.78 is 6.30. The molecule has 0 amide bonds. The largest absolute Gasteiger partial charge is 0.783 e. The molecule has 4 saturated carbocycles. The Bertz CT molecular complexity index is 775. The molecule has 32 heavy (non-hydrogen) atoms. The van der Waals surface area contributed by atoms with E-state index in [0.29, 0.717) is 30.3 Å². The summed E-state index contributed by atoms with van der Waals surface area (Å²) >= 11 is 0. The van der Waals surface area contributed by atoms with Gasteiger partial charge >= 0.3 is 0 Å². The SMILES string of the molecule is CC1(C)COC(C)(C2CCC3C4CCC5C[C@@H](O[N+](=O)[O-])CC[C@]5(C)C4CC[C@@]32C)N1[O-]. The molecule has 1 saturated heterocycles. The minimum Gasteiger partial charge on any atom is -0.783 e. The molecule has 6 unspecified atom stereocenters. The summed E-state index contributed by atoms with van der Waals surface area (Å²) in [7, 11) is 0. The molecule has 0 spiro atoms. The molecule has 0 N–H and O–H groups in total. The topological polar surface area (TPSA) is 87.9 Å². The van der Waals surface area contributed by atoms with Gasteiger partial charge in [0, 0.05) is 11.5 Å². The van der Waals surface area contributed by atoms with E-state index in [9.17, 15) is 15.3 Å². The lowest BCUT2D eigenvalue weighted by molar-refractivity contribution is -0.770. The number of hydrogen-bond acceptors (Lipinski definition) is 6. The number of nitrogens with zero attached hydrogens (tertiary/aromatic N) is 2. The molecule has 4 aliphatic carbocycles. The van der Waals surface area contributed by atoms with Crippen LogP contribution in [0.25, 0.3) is 0 Å². The molecule has 0 aromatic rings. The highest BCUT2D eigenvalue weighted by Crippen LogP contribution is 2.69. The van der Waals surface area contributed by atoms with Crippen LogP contribution in [0.15, 0.2) is 0 Å². The van der Waals surface area contributed by atoms with Crippen molar-refractivity contribution in [1.82, 2.24) is 5.06 Å². The van der Waals surface area contributed by atoms with Crippen molar-refractivity contribution in [1.29, 1.82) is 0 Å². The second-order valence-corrected chi connectivity index (χ2v) is 13.0. The molecule has 0 bridgehead atoms. The highest BCUT2D eigenvalue weighted by Gasteiger charge is 2.64. The Hall–Kier alpha value is -0.920. The Morgan fingerprint density at radius 1 is 0.938 bits per heavy atom. The summed E-state index contributed by atoms with van der Waals surface area (Å²) in [6.45, 7) is 11.5. The van der Waals surface area contributed by atoms with E-state index in [0.717, 1.165) is 38.5 Å². The maximum atomic E-state index is 13.3. The first-order valence-electron chi connectivity index (χ1n) is 12.8. The van der Waals surface area contributed by atoms with E-state index in [1.807, 2.05) is 20.8 Å². The zero-order valence-corrected chi connectivity index (χ0v) is 20.5. The van der Waals surface area contributed by atoms with Crippen LogP contribution in [-0.2, 0) is 9.57 Å². The van der Waals surface area contributed by atoms with E-state index in [1.165, 1.54) is 24.3 Å². The number of hydroxylamine groups is 2. The van der Waals surface area contributed by atoms with Crippen LogP contribution in [0.5, 0.6) is 0 Å². The van der Waals surface area contributed by atoms with Gasteiger partial charge in [0.1, 0.15) is 11.8 Å². The smallest absolute Gasteiger partial charge is 0.294 e. The molecule has 0 aromatic carbocycles. The summed E-state index contributed by atoms with van der Waals surface area (Å²) in [5, 5.41) is 24.9. The lowest BCUT2D eigenvalue weighted by atomic mass is 9.44. The van der Waals surface area contributed by atoms with Crippen molar-refractivity contribution in [2.45, 2.75) is 110 Å². The van der Waals surface area contributed by atoms with Crippen LogP contribution < -0.4 is 0 Å². The van der Waals surface area contributed by atoms with Gasteiger partial charge < -0.3 is 19.8 Å². The Balaban J connectivity index is 1.36. The average molecular weight is 450 g/mol. The molecular weight excluding hydrogens is 408 g/mol. The predicted molar refractivity (Wildman–Crippen MR) is 121 cm³/mol. The molecule has 0 radical (unpaired) electrons. The monoisotopic (exact) mass is 449 g/mol. The molecule has 7 heteroatoms. The minimum absolute atomic E-state index is 0.147. The first kappa shape index (κ1) is 22.9. The van der Waals surface area contributed by atoms with E-state index >= 15 is 0 Å². The maximum Gasteiger partial charge on any atom is 0.294 e. The highest BCUT2D eigenvalue weighted by atomic mass is 17.0. The Kier molecular flexibility index (Phi) is 5.20. The van der Waals surface area contributed by atoms with E-state index in [2.05, 4.69) is 13.8 Å². The third-order valence-corrected chi connectivity index (χ3v) is 11.2. The minimum atomic E-state index is -0.723. The maximum absolute atomic E-state index is 13.3. The van der Waals surface area contributed by atoms with Gasteiger partial charge in [0.2, 0.25) is 0 Å². The van der Waals surface area contributed by atoms with Crippen LogP contribution in [0.3, 0.4) is 0 Å². The summed E-state index contributed by atoms with van der Waals surface area (Å²) in [6.07, 6.45) is 9.45. The van der Waals surface area contributed by atoms with Gasteiger partial charge in [0.15, 0.2) is 0 Å². The van der Waals surface area contributed by atoms with E-state index < -0.39 is 16.4 Å². The van der Waals surface area contributed by atoms with Gasteiger partial charge in [-0.2, -0.15) is 0 Å². The summed E-state index contributed by atoms with van der Waals surface area (Å²) in [5.74, 6) is 2.83. The van der Waals surface area contributed by atoms with Gasteiger partial charge in [-0.15, -0.1) is 10.1 Å². The normalized spacial score (nSPS) is 52.7. The van der Waals surface area contributed by atoms with Gasteiger partial charge in [0.05, 0.1) is 6.61 Å². The van der Waals surface area contributed by atoms with E-state index in [1.54, 1.807) is 0 Å². The van der Waals surface area contributed by atoms with Crippen molar-refractivity contribution in [3.05, 3.63) is 15.3 Å². The number of fused-ring (bicyclic) bond motifs is 5. The first-order chi connectivity index (χ1) is 14.9. The number of ether oxygens (including phenoxy) is 1. The van der Waals surface area contributed by atoms with Gasteiger partial charge in [-0.1, -0.05) is 13.8 Å². The zero-order valence-electron chi connectivity index (χ0n) is 20.5. The summed E-state index contributed by atoms with van der Waals surface area (Å²) in [5.41, 5.74) is -0.775. The van der Waals surface area contributed by atoms with Crippen molar-refractivity contribution in [2.24, 2.45) is 40.4 Å². The molecule has 7 nitrogen and oxygen atoms in total. The van der Waals surface area contributed by atoms with Gasteiger partial charge in [-0.3, -0.25) is 0 Å². The lowest BCUT2D eigenvalue weighted by Crippen LogP contribution is -2.58. The van der Waals surface area contributed by atoms with Gasteiger partial charge in [-0.25, -0.2) is 0 Å². The summed E-state index contributed by atoms with van der Waals surface area (Å²) in [6, 6.07) is 0. The standard InChI is InChI=1S/C25H41N2O5/c1-22(2)15-31-25(5,26(22)28)21-9-8-19-18-7-6-16-14-17(32-27(29)30)10-12-23(16,3)20(18)11-13-24(19,21)4/h16-21H,6-15H2,1-5H3/q-1/t16?,17-,18?,19?,20?,21?,23-,24-,25?/m0/s1. The Morgan fingerprint density at radius 2 is 1.62 bits per heavy atom. The fourth-order valence-electron chi connectivity index (χ4n) is 9.60. The van der Waals surface area contributed by atoms with Gasteiger partial charge in [0.25, 0.3) is 5.09 Å².